The quantitative estimate of drug-likeness (QED) is 0.126. The predicted octanol–water partition coefficient (Wildman–Crippen LogP) is 6.81. The van der Waals surface area contributed by atoms with E-state index in [0.717, 1.165) is 56.4 Å². The molecule has 1 unspecified atom stereocenters. The Kier molecular flexibility index (Phi) is 10.4. The van der Waals surface area contributed by atoms with Crippen LogP contribution in [0.5, 0.6) is 17.2 Å². The van der Waals surface area contributed by atoms with E-state index in [1.54, 1.807) is 0 Å². The average Bonchev–Trinajstić information content (AvgIpc) is 2.82. The van der Waals surface area contributed by atoms with Crippen LogP contribution in [-0.4, -0.2) is 12.4 Å². The summed E-state index contributed by atoms with van der Waals surface area (Å²) >= 11 is 0. The van der Waals surface area contributed by atoms with E-state index in [-0.39, 0.29) is 6.10 Å². The average molecular weight is 478 g/mol. The number of hydrogen-bond acceptors (Lipinski definition) is 6. The van der Waals surface area contributed by atoms with Crippen LogP contribution in [0, 0.1) is 0 Å². The van der Waals surface area contributed by atoms with E-state index >= 15 is 0 Å². The van der Waals surface area contributed by atoms with Crippen LogP contribution in [0.1, 0.15) is 58.3 Å². The zero-order valence-electron chi connectivity index (χ0n) is 20.7. The molecule has 0 aliphatic rings. The molecule has 0 aliphatic heterocycles. The second kappa shape index (κ2) is 14.0. The lowest BCUT2D eigenvalue weighted by Crippen LogP contribution is -2.24. The number of rotatable bonds is 15. The molecular formula is C29H39N3O3. The molecule has 0 saturated heterocycles. The first kappa shape index (κ1) is 26.1. The molecule has 188 valence electrons. The summed E-state index contributed by atoms with van der Waals surface area (Å²) < 4.78 is 18.3. The molecular weight excluding hydrogens is 438 g/mol. The maximum atomic E-state index is 6.11. The van der Waals surface area contributed by atoms with Crippen molar-refractivity contribution < 1.29 is 14.2 Å². The lowest BCUT2D eigenvalue weighted by Gasteiger charge is -2.21. The Hall–Kier alpha value is -3.54. The minimum Gasteiger partial charge on any atom is -0.490 e. The zero-order valence-corrected chi connectivity index (χ0v) is 20.7. The molecule has 0 radical (unpaired) electrons. The van der Waals surface area contributed by atoms with Gasteiger partial charge in [-0.25, -0.2) is 0 Å². The van der Waals surface area contributed by atoms with E-state index in [1.807, 2.05) is 72.8 Å². The van der Waals surface area contributed by atoms with Gasteiger partial charge in [-0.05, 0) is 62.1 Å². The largest absolute Gasteiger partial charge is 0.490 e. The van der Waals surface area contributed by atoms with Gasteiger partial charge in [0.05, 0.1) is 6.10 Å². The Morgan fingerprint density at radius 3 is 1.46 bits per heavy atom. The summed E-state index contributed by atoms with van der Waals surface area (Å²) in [6, 6.07) is 22.5. The summed E-state index contributed by atoms with van der Waals surface area (Å²) in [5.74, 6) is 2.25. The molecule has 0 aliphatic carbocycles. The summed E-state index contributed by atoms with van der Waals surface area (Å²) in [7, 11) is 0. The molecule has 0 saturated carbocycles. The van der Waals surface area contributed by atoms with Crippen LogP contribution in [0.2, 0.25) is 0 Å². The number of anilines is 3. The molecule has 1 atom stereocenters. The number of unbranched alkanes of at least 4 members (excludes halogenated alkanes) is 4. The fourth-order valence-electron chi connectivity index (χ4n) is 3.96. The monoisotopic (exact) mass is 477 g/mol. The third-order valence-corrected chi connectivity index (χ3v) is 5.83. The molecule has 6 N–H and O–H groups in total. The maximum absolute atomic E-state index is 6.11. The molecule has 3 rings (SSSR count). The molecule has 6 nitrogen and oxygen atoms in total. The van der Waals surface area contributed by atoms with E-state index in [1.165, 1.54) is 6.42 Å². The molecule has 35 heavy (non-hydrogen) atoms. The number of nitrogens with two attached hydrogens (primary N) is 3. The van der Waals surface area contributed by atoms with E-state index in [0.29, 0.717) is 22.9 Å². The van der Waals surface area contributed by atoms with Crippen LogP contribution in [-0.2, 0) is 0 Å². The minimum absolute atomic E-state index is 0.222. The van der Waals surface area contributed by atoms with Crippen molar-refractivity contribution in [2.45, 2.75) is 70.7 Å². The van der Waals surface area contributed by atoms with Crippen molar-refractivity contribution in [3.63, 3.8) is 0 Å². The van der Waals surface area contributed by atoms with Crippen LogP contribution in [0.25, 0.3) is 0 Å². The topological polar surface area (TPSA) is 106 Å². The Balaban J connectivity index is 1.40. The van der Waals surface area contributed by atoms with Crippen molar-refractivity contribution in [2.24, 2.45) is 0 Å². The lowest BCUT2D eigenvalue weighted by molar-refractivity contribution is -0.00236. The SMILES string of the molecule is CCC(CCCCCCCC(Oc1cccc(N)c1)Oc1cccc(N)c1)Oc1cccc(N)c1. The number of ether oxygens (including phenoxy) is 3. The normalized spacial score (nSPS) is 11.8. The molecule has 0 aromatic heterocycles. The zero-order chi connectivity index (χ0) is 24.9. The van der Waals surface area contributed by atoms with Crippen LogP contribution in [0.4, 0.5) is 17.1 Å². The molecule has 0 amide bonds. The second-order valence-electron chi connectivity index (χ2n) is 8.88. The minimum atomic E-state index is -0.408. The molecule has 3 aromatic rings. The van der Waals surface area contributed by atoms with Gasteiger partial charge in [-0.1, -0.05) is 44.4 Å². The van der Waals surface area contributed by atoms with E-state index in [2.05, 4.69) is 6.92 Å². The Morgan fingerprint density at radius 2 is 1.00 bits per heavy atom. The highest BCUT2D eigenvalue weighted by molar-refractivity contribution is 5.45. The van der Waals surface area contributed by atoms with Gasteiger partial charge in [0, 0.05) is 41.7 Å². The number of benzene rings is 3. The predicted molar refractivity (Wildman–Crippen MR) is 145 cm³/mol. The van der Waals surface area contributed by atoms with E-state index in [4.69, 9.17) is 31.4 Å². The van der Waals surface area contributed by atoms with Crippen molar-refractivity contribution in [3.8, 4) is 17.2 Å². The summed E-state index contributed by atoms with van der Waals surface area (Å²) in [4.78, 5) is 0. The molecule has 0 spiro atoms. The van der Waals surface area contributed by atoms with Crippen molar-refractivity contribution in [1.29, 1.82) is 0 Å². The van der Waals surface area contributed by atoms with Gasteiger partial charge in [0.1, 0.15) is 17.2 Å². The van der Waals surface area contributed by atoms with Crippen LogP contribution in [0.3, 0.4) is 0 Å². The van der Waals surface area contributed by atoms with Gasteiger partial charge >= 0.3 is 0 Å². The fourth-order valence-corrected chi connectivity index (χ4v) is 3.96. The van der Waals surface area contributed by atoms with Gasteiger partial charge in [0.25, 0.3) is 0 Å². The Bertz CT molecular complexity index is 980. The van der Waals surface area contributed by atoms with Gasteiger partial charge in [-0.2, -0.15) is 0 Å². The van der Waals surface area contributed by atoms with Crippen molar-refractivity contribution in [1.82, 2.24) is 0 Å². The van der Waals surface area contributed by atoms with Crippen molar-refractivity contribution in [2.75, 3.05) is 17.2 Å². The molecule has 0 fully saturated rings. The summed E-state index contributed by atoms with van der Waals surface area (Å²) in [6.07, 6.45) is 8.23. The lowest BCUT2D eigenvalue weighted by atomic mass is 10.1. The first-order chi connectivity index (χ1) is 17.0. The van der Waals surface area contributed by atoms with Crippen LogP contribution in [0.15, 0.2) is 72.8 Å². The van der Waals surface area contributed by atoms with Crippen LogP contribution < -0.4 is 31.4 Å². The Morgan fingerprint density at radius 1 is 0.571 bits per heavy atom. The van der Waals surface area contributed by atoms with Crippen LogP contribution >= 0.6 is 0 Å². The van der Waals surface area contributed by atoms with E-state index < -0.39 is 6.29 Å². The summed E-state index contributed by atoms with van der Waals surface area (Å²) in [6.45, 7) is 2.16. The molecule has 3 aromatic carbocycles. The van der Waals surface area contributed by atoms with Gasteiger partial charge in [-0.3, -0.25) is 0 Å². The first-order valence-electron chi connectivity index (χ1n) is 12.6. The summed E-state index contributed by atoms with van der Waals surface area (Å²) in [5, 5.41) is 0. The fraction of sp³-hybridized carbons (Fsp3) is 0.379. The van der Waals surface area contributed by atoms with Crippen molar-refractivity contribution in [3.05, 3.63) is 72.8 Å². The van der Waals surface area contributed by atoms with Gasteiger partial charge in [0.2, 0.25) is 6.29 Å². The maximum Gasteiger partial charge on any atom is 0.241 e. The van der Waals surface area contributed by atoms with Gasteiger partial charge in [0.15, 0.2) is 0 Å². The van der Waals surface area contributed by atoms with E-state index in [9.17, 15) is 0 Å². The molecule has 6 heteroatoms. The highest BCUT2D eigenvalue weighted by atomic mass is 16.7. The highest BCUT2D eigenvalue weighted by Crippen LogP contribution is 2.23. The third kappa shape index (κ3) is 9.69. The van der Waals surface area contributed by atoms with Gasteiger partial charge < -0.3 is 31.4 Å². The number of hydrogen-bond donors (Lipinski definition) is 3. The number of nitrogen functional groups attached to an aromatic ring is 3. The smallest absolute Gasteiger partial charge is 0.241 e. The second-order valence-corrected chi connectivity index (χ2v) is 8.88. The third-order valence-electron chi connectivity index (χ3n) is 5.83. The summed E-state index contributed by atoms with van der Waals surface area (Å²) in [5.41, 5.74) is 19.7. The first-order valence-corrected chi connectivity index (χ1v) is 12.6. The highest BCUT2D eigenvalue weighted by Gasteiger charge is 2.13. The van der Waals surface area contributed by atoms with Gasteiger partial charge in [-0.15, -0.1) is 0 Å². The van der Waals surface area contributed by atoms with Crippen molar-refractivity contribution >= 4 is 17.1 Å². The Labute approximate surface area is 209 Å². The molecule has 0 heterocycles. The molecule has 0 bridgehead atoms. The standard InChI is InChI=1S/C29H39N3O3/c1-2-25(33-26-15-8-11-22(30)19-26)14-6-4-3-5-7-18-29(34-27-16-9-12-23(31)20-27)35-28-17-10-13-24(32)21-28/h8-13,15-17,19-21,25,29H,2-7,14,18,30-32H2,1H3.